The molecule has 0 heterocycles. The fourth-order valence-electron chi connectivity index (χ4n) is 6.40. The van der Waals surface area contributed by atoms with E-state index in [9.17, 15) is 0 Å². The van der Waals surface area contributed by atoms with E-state index in [1.807, 2.05) is 0 Å². The topological polar surface area (TPSA) is 101 Å². The van der Waals surface area contributed by atoms with Crippen molar-refractivity contribution in [1.29, 1.82) is 0 Å². The molecule has 8 atom stereocenters. The van der Waals surface area contributed by atoms with E-state index in [0.717, 1.165) is 23.7 Å². The molecule has 0 saturated heterocycles. The van der Waals surface area contributed by atoms with Crippen LogP contribution in [0.1, 0.15) is 6.42 Å². The molecule has 110 valence electrons. The SMILES string of the molecule is NC(=S)N/N=C1/[C@@H]2[C@@H]3C[C@@H]4[C@@H]2/C(=N/NC(N)=S)[C@H]2[C@@H]1[C@H]3[C@H]42. The van der Waals surface area contributed by atoms with Crippen LogP contribution in [0.3, 0.4) is 0 Å². The van der Waals surface area contributed by atoms with E-state index in [4.69, 9.17) is 35.9 Å². The van der Waals surface area contributed by atoms with Gasteiger partial charge >= 0.3 is 0 Å². The van der Waals surface area contributed by atoms with Crippen molar-refractivity contribution in [1.82, 2.24) is 10.9 Å². The van der Waals surface area contributed by atoms with Gasteiger partial charge in [0.05, 0.1) is 0 Å². The standard InChI is InChI=1S/C13H16N6S2/c14-12(20)18-16-10-6-2-1-3-5-4(2)8(10)9(5)11(7(3)6)17-19-13(15)21/h2-9H,1H2,(H3,14,18,20)(H3,15,19,21)/b16-10-,17-11-/t2-,3+,4-,5+,6-,7+,8+,9-. The number of fused-ring (bicyclic) bond motifs is 2. The first-order valence-corrected chi connectivity index (χ1v) is 8.17. The number of hydrogen-bond acceptors (Lipinski definition) is 4. The summed E-state index contributed by atoms with van der Waals surface area (Å²) in [5, 5.41) is 9.57. The van der Waals surface area contributed by atoms with Gasteiger partial charge in [-0.3, -0.25) is 10.9 Å². The Hall–Kier alpha value is -1.28. The summed E-state index contributed by atoms with van der Waals surface area (Å²) >= 11 is 9.75. The number of rotatable bonds is 2. The number of hydrogen-bond donors (Lipinski definition) is 4. The maximum atomic E-state index is 5.52. The highest BCUT2D eigenvalue weighted by molar-refractivity contribution is 7.80. The number of nitrogens with one attached hydrogen (secondary N) is 2. The zero-order valence-electron chi connectivity index (χ0n) is 11.2. The Bertz CT molecular complexity index is 585. The highest BCUT2D eigenvalue weighted by Crippen LogP contribution is 2.80. The number of nitrogens with two attached hydrogens (primary N) is 2. The summed E-state index contributed by atoms with van der Waals surface area (Å²) in [7, 11) is 0. The quantitative estimate of drug-likeness (QED) is 0.414. The Morgan fingerprint density at radius 2 is 1.29 bits per heavy atom. The minimum Gasteiger partial charge on any atom is -0.375 e. The second kappa shape index (κ2) is 3.73. The lowest BCUT2D eigenvalue weighted by atomic mass is 9.59. The molecule has 0 spiro atoms. The van der Waals surface area contributed by atoms with Crippen molar-refractivity contribution in [3.63, 3.8) is 0 Å². The summed E-state index contributed by atoms with van der Waals surface area (Å²) < 4.78 is 0. The van der Waals surface area contributed by atoms with Gasteiger partial charge in [-0.1, -0.05) is 0 Å². The van der Waals surface area contributed by atoms with Crippen molar-refractivity contribution >= 4 is 46.1 Å². The first-order chi connectivity index (χ1) is 10.1. The largest absolute Gasteiger partial charge is 0.375 e. The highest BCUT2D eigenvalue weighted by atomic mass is 32.1. The predicted molar refractivity (Wildman–Crippen MR) is 87.2 cm³/mol. The van der Waals surface area contributed by atoms with Gasteiger partial charge in [-0.15, -0.1) is 0 Å². The third kappa shape index (κ3) is 1.25. The molecule has 6 nitrogen and oxygen atoms in total. The predicted octanol–water partition coefficient (Wildman–Crippen LogP) is -0.248. The van der Waals surface area contributed by atoms with Gasteiger partial charge in [0.15, 0.2) is 10.2 Å². The lowest BCUT2D eigenvalue weighted by Gasteiger charge is -2.44. The van der Waals surface area contributed by atoms with Crippen LogP contribution in [0.2, 0.25) is 0 Å². The summed E-state index contributed by atoms with van der Waals surface area (Å²) in [5.74, 6) is 5.30. The van der Waals surface area contributed by atoms with E-state index in [2.05, 4.69) is 21.1 Å². The minimum atomic E-state index is 0.241. The second-order valence-corrected chi connectivity index (χ2v) is 7.73. The third-order valence-electron chi connectivity index (χ3n) is 6.46. The molecule has 0 amide bonds. The molecule has 5 aliphatic carbocycles. The Balaban J connectivity index is 1.54. The zero-order chi connectivity index (χ0) is 14.5. The van der Waals surface area contributed by atoms with Crippen LogP contribution in [0, 0.1) is 47.3 Å². The molecule has 6 N–H and O–H groups in total. The Morgan fingerprint density at radius 1 is 0.857 bits per heavy atom. The van der Waals surface area contributed by atoms with Gasteiger partial charge in [0.25, 0.3) is 0 Å². The lowest BCUT2D eigenvalue weighted by Crippen LogP contribution is -2.49. The number of nitrogens with zero attached hydrogens (tertiary/aromatic N) is 2. The van der Waals surface area contributed by atoms with Crippen molar-refractivity contribution in [2.75, 3.05) is 0 Å². The molecule has 2 bridgehead atoms. The van der Waals surface area contributed by atoms with E-state index in [-0.39, 0.29) is 10.2 Å². The lowest BCUT2D eigenvalue weighted by molar-refractivity contribution is 0.0654. The maximum Gasteiger partial charge on any atom is 0.184 e. The number of hydrazone groups is 2. The summed E-state index contributed by atoms with van der Waals surface area (Å²) in [6.07, 6.45) is 1.33. The first kappa shape index (κ1) is 12.3. The van der Waals surface area contributed by atoms with Gasteiger partial charge in [0.2, 0.25) is 0 Å². The zero-order valence-corrected chi connectivity index (χ0v) is 12.8. The van der Waals surface area contributed by atoms with Crippen LogP contribution in [0.5, 0.6) is 0 Å². The van der Waals surface area contributed by atoms with E-state index >= 15 is 0 Å². The van der Waals surface area contributed by atoms with Crippen LogP contribution in [0.4, 0.5) is 0 Å². The summed E-state index contributed by atoms with van der Waals surface area (Å²) in [4.78, 5) is 0. The molecule has 0 unspecified atom stereocenters. The molecule has 0 radical (unpaired) electrons. The molecule has 5 aliphatic rings. The summed E-state index contributed by atoms with van der Waals surface area (Å²) in [6, 6.07) is 0. The molecule has 0 aliphatic heterocycles. The maximum absolute atomic E-state index is 5.52. The van der Waals surface area contributed by atoms with E-state index in [1.54, 1.807) is 0 Å². The normalized spacial score (nSPS) is 53.5. The smallest absolute Gasteiger partial charge is 0.184 e. The van der Waals surface area contributed by atoms with Crippen molar-refractivity contribution in [3.8, 4) is 0 Å². The molecule has 0 aromatic rings. The van der Waals surface area contributed by atoms with Gasteiger partial charge in [0, 0.05) is 35.1 Å². The third-order valence-corrected chi connectivity index (χ3v) is 6.64. The van der Waals surface area contributed by atoms with Gasteiger partial charge in [-0.2, -0.15) is 10.2 Å². The van der Waals surface area contributed by atoms with Gasteiger partial charge < -0.3 is 11.5 Å². The fourth-order valence-corrected chi connectivity index (χ4v) is 6.49. The Kier molecular flexibility index (Phi) is 2.18. The van der Waals surface area contributed by atoms with Crippen LogP contribution in [-0.4, -0.2) is 21.6 Å². The molecular weight excluding hydrogens is 304 g/mol. The highest BCUT2D eigenvalue weighted by Gasteiger charge is 2.82. The fraction of sp³-hybridized carbons (Fsp3) is 0.692. The van der Waals surface area contributed by atoms with Crippen molar-refractivity contribution < 1.29 is 0 Å². The van der Waals surface area contributed by atoms with Gasteiger partial charge in [0.1, 0.15) is 0 Å². The summed E-state index contributed by atoms with van der Waals surface area (Å²) in [5.41, 5.74) is 19.2. The molecule has 21 heavy (non-hydrogen) atoms. The molecule has 5 fully saturated rings. The van der Waals surface area contributed by atoms with Crippen LogP contribution < -0.4 is 22.3 Å². The molecular formula is C13H16N6S2. The van der Waals surface area contributed by atoms with Crippen LogP contribution in [-0.2, 0) is 0 Å². The van der Waals surface area contributed by atoms with Crippen molar-refractivity contribution in [2.24, 2.45) is 69.0 Å². The minimum absolute atomic E-state index is 0.241. The molecule has 5 rings (SSSR count). The van der Waals surface area contributed by atoms with E-state index in [0.29, 0.717) is 23.7 Å². The van der Waals surface area contributed by atoms with E-state index < -0.39 is 0 Å². The molecule has 5 saturated carbocycles. The molecule has 8 heteroatoms. The van der Waals surface area contributed by atoms with Gasteiger partial charge in [-0.05, 0) is 54.5 Å². The summed E-state index contributed by atoms with van der Waals surface area (Å²) in [6.45, 7) is 0. The van der Waals surface area contributed by atoms with E-state index in [1.165, 1.54) is 17.8 Å². The number of thiocarbonyl (C=S) groups is 2. The van der Waals surface area contributed by atoms with Crippen LogP contribution in [0.15, 0.2) is 10.2 Å². The van der Waals surface area contributed by atoms with Crippen molar-refractivity contribution in [2.45, 2.75) is 6.42 Å². The van der Waals surface area contributed by atoms with Crippen LogP contribution >= 0.6 is 24.4 Å². The van der Waals surface area contributed by atoms with Crippen LogP contribution in [0.25, 0.3) is 0 Å². The average molecular weight is 320 g/mol. The monoisotopic (exact) mass is 320 g/mol. The Labute approximate surface area is 132 Å². The molecule has 0 aromatic heterocycles. The average Bonchev–Trinajstić information content (AvgIpc) is 2.91. The van der Waals surface area contributed by atoms with Gasteiger partial charge in [-0.25, -0.2) is 0 Å². The van der Waals surface area contributed by atoms with Crippen molar-refractivity contribution in [3.05, 3.63) is 0 Å². The molecule has 0 aromatic carbocycles. The Morgan fingerprint density at radius 3 is 1.67 bits per heavy atom. The second-order valence-electron chi connectivity index (χ2n) is 6.85. The first-order valence-electron chi connectivity index (χ1n) is 7.35.